The lowest BCUT2D eigenvalue weighted by atomic mass is 10.3. The van der Waals surface area contributed by atoms with Gasteiger partial charge in [0.05, 0.1) is 6.54 Å². The van der Waals surface area contributed by atoms with E-state index in [0.717, 1.165) is 6.42 Å². The van der Waals surface area contributed by atoms with E-state index in [0.29, 0.717) is 16.7 Å². The number of nitrogens with one attached hydrogen (secondary N) is 2. The van der Waals surface area contributed by atoms with Crippen molar-refractivity contribution in [3.8, 4) is 5.75 Å². The fourth-order valence-corrected chi connectivity index (χ4v) is 2.96. The van der Waals surface area contributed by atoms with Gasteiger partial charge >= 0.3 is 5.69 Å². The number of aliphatic hydroxyl groups excluding tert-OH is 1. The Morgan fingerprint density at radius 3 is 2.66 bits per heavy atom. The summed E-state index contributed by atoms with van der Waals surface area (Å²) in [5.41, 5.74) is -0.647. The van der Waals surface area contributed by atoms with Crippen LogP contribution in [0.15, 0.2) is 33.9 Å². The molecule has 0 fully saturated rings. The molecule has 10 heteroatoms. The number of H-pyrrole nitrogens is 1. The summed E-state index contributed by atoms with van der Waals surface area (Å²) in [4.78, 5) is 31.1. The third-order valence-electron chi connectivity index (χ3n) is 4.64. The van der Waals surface area contributed by atoms with Gasteiger partial charge in [0.2, 0.25) is 5.95 Å². The van der Waals surface area contributed by atoms with Crippen LogP contribution in [0.3, 0.4) is 0 Å². The quantitative estimate of drug-likeness (QED) is 0.510. The van der Waals surface area contributed by atoms with Crippen molar-refractivity contribution in [2.24, 2.45) is 7.05 Å². The standard InChI is InChI=1S/C19H24ClN5O4/c1-4-11(2)21-18-22-16-15(17(27)23-19(28)24(16)3)25(18)9-13(26)10-29-14-7-5-12(20)6-8-14/h5-8,11,13,26H,4,9-10H2,1-3H3,(H,21,22)(H,23,27,28)/t11-,13+/m1/s1. The predicted molar refractivity (Wildman–Crippen MR) is 112 cm³/mol. The maximum Gasteiger partial charge on any atom is 0.329 e. The number of aliphatic hydroxyl groups is 1. The predicted octanol–water partition coefficient (Wildman–Crippen LogP) is 1.73. The van der Waals surface area contributed by atoms with Crippen LogP contribution in [0, 0.1) is 0 Å². The number of hydrogen-bond donors (Lipinski definition) is 3. The van der Waals surface area contributed by atoms with E-state index in [2.05, 4.69) is 15.3 Å². The van der Waals surface area contributed by atoms with Gasteiger partial charge in [-0.15, -0.1) is 0 Å². The monoisotopic (exact) mass is 421 g/mol. The number of halogens is 1. The van der Waals surface area contributed by atoms with E-state index in [1.54, 1.807) is 28.8 Å². The summed E-state index contributed by atoms with van der Waals surface area (Å²) >= 11 is 5.86. The van der Waals surface area contributed by atoms with Gasteiger partial charge in [0.1, 0.15) is 18.5 Å². The molecule has 156 valence electrons. The van der Waals surface area contributed by atoms with Gasteiger partial charge in [-0.2, -0.15) is 4.98 Å². The minimum Gasteiger partial charge on any atom is -0.491 e. The molecule has 0 radical (unpaired) electrons. The summed E-state index contributed by atoms with van der Waals surface area (Å²) in [6.07, 6.45) is -0.0852. The summed E-state index contributed by atoms with van der Waals surface area (Å²) in [6, 6.07) is 6.89. The molecule has 0 saturated heterocycles. The largest absolute Gasteiger partial charge is 0.491 e. The number of aryl methyl sites for hydroxylation is 1. The van der Waals surface area contributed by atoms with Gasteiger partial charge in [-0.05, 0) is 37.6 Å². The molecule has 2 aromatic heterocycles. The number of fused-ring (bicyclic) bond motifs is 1. The van der Waals surface area contributed by atoms with Crippen molar-refractivity contribution in [3.05, 3.63) is 50.1 Å². The van der Waals surface area contributed by atoms with Crippen molar-refractivity contribution in [1.82, 2.24) is 19.1 Å². The Labute approximate surface area is 171 Å². The molecule has 2 heterocycles. The Bertz CT molecular complexity index is 1100. The van der Waals surface area contributed by atoms with Gasteiger partial charge in [0.15, 0.2) is 11.2 Å². The van der Waals surface area contributed by atoms with E-state index in [1.807, 2.05) is 13.8 Å². The Kier molecular flexibility index (Phi) is 6.29. The van der Waals surface area contributed by atoms with Crippen LogP contribution in [0.4, 0.5) is 5.95 Å². The molecule has 3 N–H and O–H groups in total. The fourth-order valence-electron chi connectivity index (χ4n) is 2.83. The van der Waals surface area contributed by atoms with E-state index >= 15 is 0 Å². The van der Waals surface area contributed by atoms with Crippen molar-refractivity contribution in [2.75, 3.05) is 11.9 Å². The highest BCUT2D eigenvalue weighted by atomic mass is 35.5. The zero-order valence-corrected chi connectivity index (χ0v) is 17.2. The molecule has 9 nitrogen and oxygen atoms in total. The van der Waals surface area contributed by atoms with E-state index in [1.165, 1.54) is 11.6 Å². The number of imidazole rings is 1. The summed E-state index contributed by atoms with van der Waals surface area (Å²) in [5, 5.41) is 14.3. The van der Waals surface area contributed by atoms with Crippen molar-refractivity contribution < 1.29 is 9.84 Å². The Balaban J connectivity index is 1.90. The van der Waals surface area contributed by atoms with Crippen LogP contribution in [0.25, 0.3) is 11.2 Å². The van der Waals surface area contributed by atoms with E-state index in [-0.39, 0.29) is 30.4 Å². The van der Waals surface area contributed by atoms with Crippen LogP contribution in [-0.4, -0.2) is 43.0 Å². The summed E-state index contributed by atoms with van der Waals surface area (Å²) < 4.78 is 8.44. The van der Waals surface area contributed by atoms with Gasteiger partial charge in [-0.25, -0.2) is 4.79 Å². The van der Waals surface area contributed by atoms with Gasteiger partial charge in [0.25, 0.3) is 5.56 Å². The molecule has 0 saturated carbocycles. The van der Waals surface area contributed by atoms with Gasteiger partial charge in [0, 0.05) is 18.1 Å². The molecular formula is C19H24ClN5O4. The zero-order valence-electron chi connectivity index (χ0n) is 16.5. The molecule has 2 atom stereocenters. The van der Waals surface area contributed by atoms with Crippen molar-refractivity contribution >= 4 is 28.7 Å². The molecule has 0 spiro atoms. The molecule has 3 rings (SSSR count). The first kappa shape index (κ1) is 20.9. The SMILES string of the molecule is CC[C@@H](C)Nc1nc2c(c(=O)[nH]c(=O)n2C)n1C[C@H](O)COc1ccc(Cl)cc1. The van der Waals surface area contributed by atoms with E-state index < -0.39 is 17.4 Å². The first-order chi connectivity index (χ1) is 13.8. The zero-order chi connectivity index (χ0) is 21.1. The molecule has 0 aliphatic heterocycles. The van der Waals surface area contributed by atoms with Crippen LogP contribution in [-0.2, 0) is 13.6 Å². The lowest BCUT2D eigenvalue weighted by Gasteiger charge is -2.17. The minimum absolute atomic E-state index is 0.00768. The smallest absolute Gasteiger partial charge is 0.329 e. The first-order valence-corrected chi connectivity index (χ1v) is 9.70. The third kappa shape index (κ3) is 4.63. The number of anilines is 1. The molecule has 29 heavy (non-hydrogen) atoms. The number of nitrogens with zero attached hydrogens (tertiary/aromatic N) is 3. The number of hydrogen-bond acceptors (Lipinski definition) is 6. The lowest BCUT2D eigenvalue weighted by molar-refractivity contribution is 0.0938. The highest BCUT2D eigenvalue weighted by molar-refractivity contribution is 6.30. The highest BCUT2D eigenvalue weighted by Crippen LogP contribution is 2.19. The molecule has 3 aromatic rings. The van der Waals surface area contributed by atoms with Crippen molar-refractivity contribution in [2.45, 2.75) is 39.0 Å². The molecule has 0 unspecified atom stereocenters. The number of aromatic amines is 1. The van der Waals surface area contributed by atoms with Gasteiger partial charge < -0.3 is 19.7 Å². The second-order valence-corrected chi connectivity index (χ2v) is 7.35. The molecule has 0 aliphatic rings. The topological polar surface area (TPSA) is 114 Å². The first-order valence-electron chi connectivity index (χ1n) is 9.32. The lowest BCUT2D eigenvalue weighted by Crippen LogP contribution is -2.31. The summed E-state index contributed by atoms with van der Waals surface area (Å²) in [5.74, 6) is 0.980. The van der Waals surface area contributed by atoms with Crippen LogP contribution in [0.1, 0.15) is 20.3 Å². The van der Waals surface area contributed by atoms with E-state index in [9.17, 15) is 14.7 Å². The minimum atomic E-state index is -0.919. The molecule has 0 bridgehead atoms. The molecule has 0 amide bonds. The molecular weight excluding hydrogens is 398 g/mol. The van der Waals surface area contributed by atoms with Crippen molar-refractivity contribution in [3.63, 3.8) is 0 Å². The summed E-state index contributed by atoms with van der Waals surface area (Å²) in [6.45, 7) is 4.06. The second-order valence-electron chi connectivity index (χ2n) is 6.91. The van der Waals surface area contributed by atoms with Crippen LogP contribution < -0.4 is 21.3 Å². The maximum atomic E-state index is 12.5. The van der Waals surface area contributed by atoms with Gasteiger partial charge in [-0.3, -0.25) is 14.3 Å². The third-order valence-corrected chi connectivity index (χ3v) is 4.90. The van der Waals surface area contributed by atoms with Crippen molar-refractivity contribution in [1.29, 1.82) is 0 Å². The molecule has 1 aromatic carbocycles. The maximum absolute atomic E-state index is 12.5. The van der Waals surface area contributed by atoms with Gasteiger partial charge in [-0.1, -0.05) is 18.5 Å². The summed E-state index contributed by atoms with van der Waals surface area (Å²) in [7, 11) is 1.53. The molecule has 0 aliphatic carbocycles. The number of benzene rings is 1. The number of aromatic nitrogens is 4. The van der Waals surface area contributed by atoms with E-state index in [4.69, 9.17) is 16.3 Å². The highest BCUT2D eigenvalue weighted by Gasteiger charge is 2.20. The Morgan fingerprint density at radius 1 is 1.31 bits per heavy atom. The Morgan fingerprint density at radius 2 is 2.00 bits per heavy atom. The number of rotatable bonds is 8. The normalized spacial score (nSPS) is 13.4. The van der Waals surface area contributed by atoms with Crippen LogP contribution in [0.2, 0.25) is 5.02 Å². The average molecular weight is 422 g/mol. The van der Waals surface area contributed by atoms with Crippen LogP contribution >= 0.6 is 11.6 Å². The van der Waals surface area contributed by atoms with Crippen LogP contribution in [0.5, 0.6) is 5.75 Å². The fraction of sp³-hybridized carbons (Fsp3) is 0.421. The Hall–Kier alpha value is -2.78. The average Bonchev–Trinajstić information content (AvgIpc) is 3.04. The second kappa shape index (κ2) is 8.71. The number of ether oxygens (including phenoxy) is 1.